The van der Waals surface area contributed by atoms with Gasteiger partial charge in [-0.2, -0.15) is 0 Å². The van der Waals surface area contributed by atoms with Crippen molar-refractivity contribution in [2.45, 2.75) is 32.1 Å². The van der Waals surface area contributed by atoms with Gasteiger partial charge in [0.05, 0.1) is 5.41 Å². The minimum absolute atomic E-state index is 0.462. The number of carbonyl (C=O) groups is 1. The number of aliphatic carboxylic acids is 1. The zero-order valence-electron chi connectivity index (χ0n) is 7.51. The van der Waals surface area contributed by atoms with E-state index in [1.54, 1.807) is 7.11 Å². The molecular formula is C9H16O3. The van der Waals surface area contributed by atoms with Crippen LogP contribution < -0.4 is 0 Å². The molecule has 0 radical (unpaired) electrons. The molecule has 1 saturated carbocycles. The molecule has 0 atom stereocenters. The van der Waals surface area contributed by atoms with Crippen LogP contribution in [0.3, 0.4) is 0 Å². The standard InChI is InChI=1S/C9H16O3/c1-12-7-6-9(8(10)11)4-2-3-5-9/h2-7H2,1H3,(H,10,11). The molecule has 0 amide bonds. The summed E-state index contributed by atoms with van der Waals surface area (Å²) in [7, 11) is 1.62. The summed E-state index contributed by atoms with van der Waals surface area (Å²) in [5.41, 5.74) is -0.462. The molecule has 0 bridgehead atoms. The Morgan fingerprint density at radius 1 is 1.50 bits per heavy atom. The summed E-state index contributed by atoms with van der Waals surface area (Å²) >= 11 is 0. The van der Waals surface area contributed by atoms with E-state index in [1.807, 2.05) is 0 Å². The van der Waals surface area contributed by atoms with Crippen LogP contribution in [0.5, 0.6) is 0 Å². The Morgan fingerprint density at radius 3 is 2.50 bits per heavy atom. The number of carboxylic acids is 1. The Morgan fingerprint density at radius 2 is 2.08 bits per heavy atom. The smallest absolute Gasteiger partial charge is 0.309 e. The van der Waals surface area contributed by atoms with Crippen LogP contribution in [-0.2, 0) is 9.53 Å². The Hall–Kier alpha value is -0.570. The lowest BCUT2D eigenvalue weighted by Crippen LogP contribution is -2.29. The van der Waals surface area contributed by atoms with Gasteiger partial charge in [-0.1, -0.05) is 12.8 Å². The van der Waals surface area contributed by atoms with E-state index < -0.39 is 11.4 Å². The van der Waals surface area contributed by atoms with Crippen molar-refractivity contribution in [3.05, 3.63) is 0 Å². The maximum atomic E-state index is 11.0. The fourth-order valence-electron chi connectivity index (χ4n) is 1.92. The predicted molar refractivity (Wildman–Crippen MR) is 45.0 cm³/mol. The van der Waals surface area contributed by atoms with Crippen LogP contribution in [0.4, 0.5) is 0 Å². The lowest BCUT2D eigenvalue weighted by atomic mass is 9.83. The van der Waals surface area contributed by atoms with E-state index in [0.717, 1.165) is 25.7 Å². The molecule has 0 aromatic rings. The van der Waals surface area contributed by atoms with Crippen molar-refractivity contribution >= 4 is 5.97 Å². The number of carboxylic acid groups (broad SMARTS) is 1. The van der Waals surface area contributed by atoms with Gasteiger partial charge in [0.15, 0.2) is 0 Å². The van der Waals surface area contributed by atoms with Gasteiger partial charge in [0.2, 0.25) is 0 Å². The molecule has 0 unspecified atom stereocenters. The third-order valence-corrected chi connectivity index (χ3v) is 2.80. The van der Waals surface area contributed by atoms with Gasteiger partial charge in [-0.25, -0.2) is 0 Å². The number of hydrogen-bond donors (Lipinski definition) is 1. The summed E-state index contributed by atoms with van der Waals surface area (Å²) in [6, 6.07) is 0. The maximum absolute atomic E-state index is 11.0. The largest absolute Gasteiger partial charge is 0.481 e. The Bertz CT molecular complexity index is 159. The second kappa shape index (κ2) is 3.90. The van der Waals surface area contributed by atoms with Crippen molar-refractivity contribution in [3.63, 3.8) is 0 Å². The molecule has 0 aromatic carbocycles. The number of rotatable bonds is 4. The van der Waals surface area contributed by atoms with Crippen LogP contribution >= 0.6 is 0 Å². The molecule has 1 N–H and O–H groups in total. The van der Waals surface area contributed by atoms with E-state index in [-0.39, 0.29) is 0 Å². The van der Waals surface area contributed by atoms with Crippen LogP contribution in [0, 0.1) is 5.41 Å². The van der Waals surface area contributed by atoms with Crippen molar-refractivity contribution in [2.75, 3.05) is 13.7 Å². The molecule has 70 valence electrons. The molecule has 1 fully saturated rings. The van der Waals surface area contributed by atoms with Crippen molar-refractivity contribution in [3.8, 4) is 0 Å². The zero-order chi connectivity index (χ0) is 9.03. The predicted octanol–water partition coefficient (Wildman–Crippen LogP) is 1.67. The molecule has 3 nitrogen and oxygen atoms in total. The highest BCUT2D eigenvalue weighted by atomic mass is 16.5. The Balaban J connectivity index is 2.53. The second-order valence-electron chi connectivity index (χ2n) is 3.54. The molecule has 0 aromatic heterocycles. The SMILES string of the molecule is COCCC1(C(=O)O)CCCC1. The van der Waals surface area contributed by atoms with Crippen molar-refractivity contribution in [1.29, 1.82) is 0 Å². The van der Waals surface area contributed by atoms with Crippen molar-refractivity contribution in [1.82, 2.24) is 0 Å². The molecule has 0 heterocycles. The first-order valence-corrected chi connectivity index (χ1v) is 4.44. The fourth-order valence-corrected chi connectivity index (χ4v) is 1.92. The highest BCUT2D eigenvalue weighted by molar-refractivity contribution is 5.74. The van der Waals surface area contributed by atoms with Crippen molar-refractivity contribution in [2.24, 2.45) is 5.41 Å². The summed E-state index contributed by atoms with van der Waals surface area (Å²) < 4.78 is 4.92. The third kappa shape index (κ3) is 1.78. The van der Waals surface area contributed by atoms with Gasteiger partial charge in [-0.05, 0) is 19.3 Å². The highest BCUT2D eigenvalue weighted by Crippen LogP contribution is 2.41. The molecule has 0 saturated heterocycles. The summed E-state index contributed by atoms with van der Waals surface area (Å²) in [5.74, 6) is -0.642. The molecule has 3 heteroatoms. The molecule has 0 spiro atoms. The maximum Gasteiger partial charge on any atom is 0.309 e. The highest BCUT2D eigenvalue weighted by Gasteiger charge is 2.40. The molecule has 1 aliphatic rings. The molecule has 12 heavy (non-hydrogen) atoms. The fraction of sp³-hybridized carbons (Fsp3) is 0.889. The zero-order valence-corrected chi connectivity index (χ0v) is 7.51. The van der Waals surface area contributed by atoms with Gasteiger partial charge < -0.3 is 9.84 Å². The van der Waals surface area contributed by atoms with E-state index in [0.29, 0.717) is 13.0 Å². The van der Waals surface area contributed by atoms with Crippen LogP contribution in [0.1, 0.15) is 32.1 Å². The van der Waals surface area contributed by atoms with Crippen LogP contribution in [-0.4, -0.2) is 24.8 Å². The monoisotopic (exact) mass is 172 g/mol. The number of ether oxygens (including phenoxy) is 1. The van der Waals surface area contributed by atoms with E-state index >= 15 is 0 Å². The lowest BCUT2D eigenvalue weighted by Gasteiger charge is -2.22. The molecular weight excluding hydrogens is 156 g/mol. The van der Waals surface area contributed by atoms with E-state index in [9.17, 15) is 4.79 Å². The van der Waals surface area contributed by atoms with Crippen LogP contribution in [0.2, 0.25) is 0 Å². The van der Waals surface area contributed by atoms with Gasteiger partial charge >= 0.3 is 5.97 Å². The van der Waals surface area contributed by atoms with Gasteiger partial charge in [-0.15, -0.1) is 0 Å². The first kappa shape index (κ1) is 9.52. The second-order valence-corrected chi connectivity index (χ2v) is 3.54. The van der Waals surface area contributed by atoms with E-state index in [1.165, 1.54) is 0 Å². The minimum atomic E-state index is -0.642. The third-order valence-electron chi connectivity index (χ3n) is 2.80. The average Bonchev–Trinajstić information content (AvgIpc) is 2.50. The van der Waals surface area contributed by atoms with E-state index in [2.05, 4.69) is 0 Å². The Kier molecular flexibility index (Phi) is 3.09. The topological polar surface area (TPSA) is 46.5 Å². The summed E-state index contributed by atoms with van der Waals surface area (Å²) in [6.07, 6.45) is 4.42. The molecule has 1 aliphatic carbocycles. The van der Waals surface area contributed by atoms with Crippen molar-refractivity contribution < 1.29 is 14.6 Å². The summed E-state index contributed by atoms with van der Waals surface area (Å²) in [6.45, 7) is 0.562. The summed E-state index contributed by atoms with van der Waals surface area (Å²) in [4.78, 5) is 11.0. The summed E-state index contributed by atoms with van der Waals surface area (Å²) in [5, 5.41) is 9.03. The van der Waals surface area contributed by atoms with Crippen LogP contribution in [0.15, 0.2) is 0 Å². The van der Waals surface area contributed by atoms with Gasteiger partial charge in [0, 0.05) is 13.7 Å². The number of hydrogen-bond acceptors (Lipinski definition) is 2. The molecule has 1 rings (SSSR count). The molecule has 0 aliphatic heterocycles. The number of methoxy groups -OCH3 is 1. The minimum Gasteiger partial charge on any atom is -0.481 e. The first-order valence-electron chi connectivity index (χ1n) is 4.44. The normalized spacial score (nSPS) is 21.1. The average molecular weight is 172 g/mol. The quantitative estimate of drug-likeness (QED) is 0.701. The first-order chi connectivity index (χ1) is 5.71. The van der Waals surface area contributed by atoms with E-state index in [4.69, 9.17) is 9.84 Å². The van der Waals surface area contributed by atoms with Gasteiger partial charge in [0.1, 0.15) is 0 Å². The Labute approximate surface area is 72.7 Å². The van der Waals surface area contributed by atoms with Crippen LogP contribution in [0.25, 0.3) is 0 Å². The van der Waals surface area contributed by atoms with Gasteiger partial charge in [-0.3, -0.25) is 4.79 Å². The lowest BCUT2D eigenvalue weighted by molar-refractivity contribution is -0.149. The van der Waals surface area contributed by atoms with Gasteiger partial charge in [0.25, 0.3) is 0 Å².